The third-order valence-electron chi connectivity index (χ3n) is 2.84. The van der Waals surface area contributed by atoms with Crippen LogP contribution in [0.1, 0.15) is 72.6 Å². The largest absolute Gasteiger partial charge is 0.389 e. The zero-order valence-electron chi connectivity index (χ0n) is 12.7. The molecular formula is C16H32O2. The summed E-state index contributed by atoms with van der Waals surface area (Å²) in [6.45, 7) is 9.13. The minimum Gasteiger partial charge on any atom is -0.389 e. The summed E-state index contributed by atoms with van der Waals surface area (Å²) >= 11 is 0. The lowest BCUT2D eigenvalue weighted by Gasteiger charge is -2.19. The maximum atomic E-state index is 9.49. The van der Waals surface area contributed by atoms with Gasteiger partial charge in [0, 0.05) is 6.61 Å². The number of rotatable bonds is 10. The molecule has 0 bridgehead atoms. The Morgan fingerprint density at radius 2 is 1.56 bits per heavy atom. The van der Waals surface area contributed by atoms with Crippen LogP contribution in [0.25, 0.3) is 0 Å². The van der Waals surface area contributed by atoms with Crippen LogP contribution < -0.4 is 0 Å². The normalized spacial score (nSPS) is 14.3. The van der Waals surface area contributed by atoms with Crippen molar-refractivity contribution in [2.24, 2.45) is 0 Å². The summed E-state index contributed by atoms with van der Waals surface area (Å²) in [5, 5.41) is 9.49. The topological polar surface area (TPSA) is 29.5 Å². The molecule has 1 N–H and O–H groups in total. The molecule has 0 aromatic heterocycles. The summed E-state index contributed by atoms with van der Waals surface area (Å²) in [5.41, 5.74) is 0.00291. The summed E-state index contributed by atoms with van der Waals surface area (Å²) in [7, 11) is 0. The van der Waals surface area contributed by atoms with Gasteiger partial charge in [0.25, 0.3) is 0 Å². The zero-order chi connectivity index (χ0) is 13.9. The van der Waals surface area contributed by atoms with Crippen molar-refractivity contribution in [2.75, 3.05) is 6.61 Å². The van der Waals surface area contributed by atoms with Gasteiger partial charge in [0.2, 0.25) is 0 Å². The molecule has 2 nitrogen and oxygen atoms in total. The third-order valence-corrected chi connectivity index (χ3v) is 2.84. The molecule has 108 valence electrons. The summed E-state index contributed by atoms with van der Waals surface area (Å²) < 4.78 is 5.67. The first-order chi connectivity index (χ1) is 8.45. The summed E-state index contributed by atoms with van der Waals surface area (Å²) in [6, 6.07) is 0. The molecule has 0 rings (SSSR count). The van der Waals surface area contributed by atoms with E-state index in [4.69, 9.17) is 4.74 Å². The Labute approximate surface area is 113 Å². The van der Waals surface area contributed by atoms with E-state index in [2.05, 4.69) is 20.8 Å². The van der Waals surface area contributed by atoms with Crippen molar-refractivity contribution in [1.29, 1.82) is 0 Å². The molecule has 1 atom stereocenters. The van der Waals surface area contributed by atoms with Crippen molar-refractivity contribution in [3.05, 3.63) is 12.2 Å². The van der Waals surface area contributed by atoms with Gasteiger partial charge in [-0.15, -0.1) is 0 Å². The predicted molar refractivity (Wildman–Crippen MR) is 78.8 cm³/mol. The van der Waals surface area contributed by atoms with Gasteiger partial charge in [-0.1, -0.05) is 44.3 Å². The Balaban J connectivity index is 3.17. The predicted octanol–water partition coefficient (Wildman–Crippen LogP) is 4.47. The van der Waals surface area contributed by atoms with Crippen LogP contribution in [0, 0.1) is 0 Å². The quantitative estimate of drug-likeness (QED) is 0.461. The van der Waals surface area contributed by atoms with Gasteiger partial charge in [0.05, 0.1) is 11.7 Å². The van der Waals surface area contributed by atoms with E-state index in [0.29, 0.717) is 0 Å². The van der Waals surface area contributed by atoms with Crippen LogP contribution in [0.3, 0.4) is 0 Å². The molecule has 1 unspecified atom stereocenters. The van der Waals surface area contributed by atoms with Crippen molar-refractivity contribution in [3.8, 4) is 0 Å². The fourth-order valence-electron chi connectivity index (χ4n) is 1.86. The fourth-order valence-corrected chi connectivity index (χ4v) is 1.86. The fraction of sp³-hybridized carbons (Fsp3) is 0.875. The first kappa shape index (κ1) is 17.7. The molecule has 0 spiro atoms. The van der Waals surface area contributed by atoms with Gasteiger partial charge in [0.1, 0.15) is 0 Å². The highest BCUT2D eigenvalue weighted by molar-refractivity contribution is 4.84. The highest BCUT2D eigenvalue weighted by atomic mass is 16.5. The summed E-state index contributed by atoms with van der Waals surface area (Å²) in [5.74, 6) is 0. The van der Waals surface area contributed by atoms with E-state index in [9.17, 15) is 5.11 Å². The van der Waals surface area contributed by atoms with Crippen LogP contribution >= 0.6 is 0 Å². The van der Waals surface area contributed by atoms with Gasteiger partial charge in [-0.05, 0) is 40.5 Å². The lowest BCUT2D eigenvalue weighted by atomic mass is 10.1. The summed E-state index contributed by atoms with van der Waals surface area (Å²) in [6.07, 6.45) is 11.8. The minimum absolute atomic E-state index is 0.00291. The number of hydrogen-bond acceptors (Lipinski definition) is 2. The van der Waals surface area contributed by atoms with Crippen LogP contribution in [-0.2, 0) is 4.74 Å². The highest BCUT2D eigenvalue weighted by Gasteiger charge is 2.08. The maximum absolute atomic E-state index is 9.49. The molecule has 0 aliphatic rings. The average molecular weight is 256 g/mol. The number of aliphatic hydroxyl groups excluding tert-OH is 1. The monoisotopic (exact) mass is 256 g/mol. The Morgan fingerprint density at radius 1 is 1.00 bits per heavy atom. The van der Waals surface area contributed by atoms with Crippen molar-refractivity contribution >= 4 is 0 Å². The Bertz CT molecular complexity index is 204. The van der Waals surface area contributed by atoms with Gasteiger partial charge in [-0.2, -0.15) is 0 Å². The first-order valence-corrected chi connectivity index (χ1v) is 7.40. The van der Waals surface area contributed by atoms with E-state index in [1.54, 1.807) is 0 Å². The number of aliphatic hydroxyl groups is 1. The first-order valence-electron chi connectivity index (χ1n) is 7.40. The average Bonchev–Trinajstić information content (AvgIpc) is 2.25. The van der Waals surface area contributed by atoms with Crippen LogP contribution in [0.2, 0.25) is 0 Å². The number of unbranched alkanes of at least 4 members (excludes halogenated alkanes) is 5. The smallest absolute Gasteiger partial charge is 0.0720 e. The van der Waals surface area contributed by atoms with Gasteiger partial charge in [-0.25, -0.2) is 0 Å². The molecule has 0 amide bonds. The lowest BCUT2D eigenvalue weighted by Crippen LogP contribution is -2.19. The van der Waals surface area contributed by atoms with E-state index < -0.39 is 0 Å². The van der Waals surface area contributed by atoms with Crippen molar-refractivity contribution in [1.82, 2.24) is 0 Å². The molecule has 0 heterocycles. The number of allylic oxidation sites excluding steroid dienone is 1. The van der Waals surface area contributed by atoms with E-state index in [1.165, 1.54) is 32.1 Å². The minimum atomic E-state index is -0.241. The Morgan fingerprint density at radius 3 is 2.11 bits per heavy atom. The van der Waals surface area contributed by atoms with Crippen molar-refractivity contribution in [3.63, 3.8) is 0 Å². The molecule has 0 aromatic carbocycles. The number of hydrogen-bond donors (Lipinski definition) is 1. The Kier molecular flexibility index (Phi) is 10.4. The molecule has 0 aliphatic heterocycles. The second-order valence-corrected chi connectivity index (χ2v) is 5.96. The molecule has 18 heavy (non-hydrogen) atoms. The van der Waals surface area contributed by atoms with Gasteiger partial charge in [-0.3, -0.25) is 0 Å². The van der Waals surface area contributed by atoms with Crippen molar-refractivity contribution < 1.29 is 9.84 Å². The molecule has 0 saturated heterocycles. The van der Waals surface area contributed by atoms with Gasteiger partial charge >= 0.3 is 0 Å². The lowest BCUT2D eigenvalue weighted by molar-refractivity contribution is -0.00474. The van der Waals surface area contributed by atoms with Crippen LogP contribution in [0.15, 0.2) is 12.2 Å². The van der Waals surface area contributed by atoms with Crippen molar-refractivity contribution in [2.45, 2.75) is 84.3 Å². The van der Waals surface area contributed by atoms with E-state index in [1.807, 2.05) is 19.1 Å². The Hall–Kier alpha value is -0.340. The second kappa shape index (κ2) is 10.6. The SMILES string of the molecule is C/C=C/C(O)CCCCCCCCOC(C)(C)C. The third kappa shape index (κ3) is 13.7. The standard InChI is InChI=1S/C16H32O2/c1-5-12-15(17)13-10-8-6-7-9-11-14-18-16(2,3)4/h5,12,15,17H,6-11,13-14H2,1-4H3/b12-5+. The van der Waals surface area contributed by atoms with E-state index in [-0.39, 0.29) is 11.7 Å². The zero-order valence-corrected chi connectivity index (χ0v) is 12.7. The number of ether oxygens (including phenoxy) is 1. The van der Waals surface area contributed by atoms with E-state index >= 15 is 0 Å². The molecule has 0 aromatic rings. The molecule has 0 fully saturated rings. The van der Waals surface area contributed by atoms with Gasteiger partial charge < -0.3 is 9.84 Å². The van der Waals surface area contributed by atoms with Crippen LogP contribution in [0.4, 0.5) is 0 Å². The maximum Gasteiger partial charge on any atom is 0.0720 e. The second-order valence-electron chi connectivity index (χ2n) is 5.96. The van der Waals surface area contributed by atoms with E-state index in [0.717, 1.165) is 19.4 Å². The molecule has 0 saturated carbocycles. The van der Waals surface area contributed by atoms with Gasteiger partial charge in [0.15, 0.2) is 0 Å². The molecular weight excluding hydrogens is 224 g/mol. The molecule has 0 aliphatic carbocycles. The summed E-state index contributed by atoms with van der Waals surface area (Å²) in [4.78, 5) is 0. The molecule has 0 radical (unpaired) electrons. The highest BCUT2D eigenvalue weighted by Crippen LogP contribution is 2.11. The van der Waals surface area contributed by atoms with Crippen LogP contribution in [0.5, 0.6) is 0 Å². The van der Waals surface area contributed by atoms with Crippen LogP contribution in [-0.4, -0.2) is 23.4 Å². The molecule has 2 heteroatoms.